The number of hydrogen-bond acceptors (Lipinski definition) is 2. The zero-order valence-electron chi connectivity index (χ0n) is 5.55. The molecule has 0 aromatic heterocycles. The fraction of sp³-hybridized carbons (Fsp3) is 0.800. The fourth-order valence-corrected chi connectivity index (χ4v) is 0.192. The summed E-state index contributed by atoms with van der Waals surface area (Å²) < 4.78 is 0. The molecule has 0 aliphatic rings. The van der Waals surface area contributed by atoms with Crippen molar-refractivity contribution in [3.05, 3.63) is 0 Å². The van der Waals surface area contributed by atoms with Crippen LogP contribution in [0.3, 0.4) is 0 Å². The lowest BCUT2D eigenvalue weighted by Gasteiger charge is -1.83. The van der Waals surface area contributed by atoms with Gasteiger partial charge in [0.1, 0.15) is 0 Å². The van der Waals surface area contributed by atoms with Gasteiger partial charge in [0.2, 0.25) is 0 Å². The van der Waals surface area contributed by atoms with Gasteiger partial charge in [-0.05, 0) is 13.3 Å². The summed E-state index contributed by atoms with van der Waals surface area (Å²) in [5.41, 5.74) is 1.01. The number of nitrogens with zero attached hydrogens (tertiary/aromatic N) is 3. The van der Waals surface area contributed by atoms with Gasteiger partial charge in [0, 0.05) is 5.71 Å². The molecule has 46 valence electrons. The summed E-state index contributed by atoms with van der Waals surface area (Å²) in [6.45, 7) is 3.96. The third-order valence-electron chi connectivity index (χ3n) is 0.817. The molecule has 0 saturated heterocycles. The maximum Gasteiger partial charge on any atom is 0.0509 e. The van der Waals surface area contributed by atoms with Crippen LogP contribution in [-0.4, -0.2) is 12.8 Å². The molecule has 0 radical (unpaired) electrons. The summed E-state index contributed by atoms with van der Waals surface area (Å²) in [5, 5.41) is 10.7. The predicted molar refractivity (Wildman–Crippen MR) is 34.2 cm³/mol. The molecule has 8 heavy (non-hydrogen) atoms. The van der Waals surface area contributed by atoms with Gasteiger partial charge in [-0.25, -0.2) is 0 Å². The Morgan fingerprint density at radius 2 is 2.12 bits per heavy atom. The van der Waals surface area contributed by atoms with Crippen LogP contribution in [0.2, 0.25) is 0 Å². The van der Waals surface area contributed by atoms with Gasteiger partial charge in [-0.15, -0.1) is 5.10 Å². The van der Waals surface area contributed by atoms with Gasteiger partial charge in [0.25, 0.3) is 0 Å². The molecule has 0 heterocycles. The van der Waals surface area contributed by atoms with Crippen molar-refractivity contribution in [2.75, 3.05) is 7.05 Å². The summed E-state index contributed by atoms with van der Waals surface area (Å²) in [4.78, 5) is 0. The van der Waals surface area contributed by atoms with Crippen LogP contribution in [0.4, 0.5) is 0 Å². The maximum absolute atomic E-state index is 3.74. The Balaban J connectivity index is 3.57. The largest absolute Gasteiger partial charge is 0.172 e. The summed E-state index contributed by atoms with van der Waals surface area (Å²) in [5.74, 6) is 0. The SMILES string of the molecule is CCC(C)=NN=NC. The summed E-state index contributed by atoms with van der Waals surface area (Å²) in [6, 6.07) is 0. The minimum absolute atomic E-state index is 0.943. The van der Waals surface area contributed by atoms with E-state index in [-0.39, 0.29) is 0 Å². The molecule has 0 atom stereocenters. The lowest BCUT2D eigenvalue weighted by Crippen LogP contribution is -1.82. The molecule has 0 unspecified atom stereocenters. The second kappa shape index (κ2) is 4.43. The number of hydrogen-bond donors (Lipinski definition) is 0. The Bertz CT molecular complexity index is 104. The van der Waals surface area contributed by atoms with Crippen molar-refractivity contribution in [3.8, 4) is 0 Å². The molecule has 3 nitrogen and oxygen atoms in total. The zero-order valence-corrected chi connectivity index (χ0v) is 5.55. The van der Waals surface area contributed by atoms with E-state index in [9.17, 15) is 0 Å². The Labute approximate surface area is 49.5 Å². The third-order valence-corrected chi connectivity index (χ3v) is 0.817. The van der Waals surface area contributed by atoms with E-state index in [2.05, 4.69) is 15.4 Å². The Kier molecular flexibility index (Phi) is 4.03. The average molecular weight is 113 g/mol. The van der Waals surface area contributed by atoms with Crippen LogP contribution in [-0.2, 0) is 0 Å². The normalized spacial score (nSPS) is 13.1. The molecule has 0 N–H and O–H groups in total. The zero-order chi connectivity index (χ0) is 6.41. The van der Waals surface area contributed by atoms with E-state index < -0.39 is 0 Å². The Hall–Kier alpha value is -0.730. The molecule has 0 aromatic rings. The first-order chi connectivity index (χ1) is 3.81. The van der Waals surface area contributed by atoms with E-state index in [4.69, 9.17) is 0 Å². The van der Waals surface area contributed by atoms with Gasteiger partial charge in [-0.2, -0.15) is 5.11 Å². The maximum atomic E-state index is 3.74. The molecule has 0 rings (SSSR count). The van der Waals surface area contributed by atoms with Crippen LogP contribution >= 0.6 is 0 Å². The first kappa shape index (κ1) is 7.27. The molecule has 0 fully saturated rings. The monoisotopic (exact) mass is 113 g/mol. The molecule has 3 heteroatoms. The topological polar surface area (TPSA) is 37.1 Å². The highest BCUT2D eigenvalue weighted by atomic mass is 15.4. The third kappa shape index (κ3) is 3.46. The second-order valence-corrected chi connectivity index (χ2v) is 1.48. The molecule has 0 aromatic carbocycles. The van der Waals surface area contributed by atoms with Gasteiger partial charge < -0.3 is 0 Å². The molecule has 0 spiro atoms. The highest BCUT2D eigenvalue weighted by Gasteiger charge is 1.79. The second-order valence-electron chi connectivity index (χ2n) is 1.48. The van der Waals surface area contributed by atoms with Crippen molar-refractivity contribution in [2.24, 2.45) is 15.4 Å². The summed E-state index contributed by atoms with van der Waals surface area (Å²) >= 11 is 0. The lowest BCUT2D eigenvalue weighted by molar-refractivity contribution is 1.00. The van der Waals surface area contributed by atoms with Crippen molar-refractivity contribution in [2.45, 2.75) is 20.3 Å². The molecule has 0 saturated carbocycles. The predicted octanol–water partition coefficient (Wildman–Crippen LogP) is 1.85. The van der Waals surface area contributed by atoms with E-state index >= 15 is 0 Å². The van der Waals surface area contributed by atoms with Crippen molar-refractivity contribution < 1.29 is 0 Å². The van der Waals surface area contributed by atoms with E-state index in [0.29, 0.717) is 0 Å². The van der Waals surface area contributed by atoms with Gasteiger partial charge in [0.15, 0.2) is 0 Å². The van der Waals surface area contributed by atoms with Crippen LogP contribution in [0.25, 0.3) is 0 Å². The molecular weight excluding hydrogens is 102 g/mol. The summed E-state index contributed by atoms with van der Waals surface area (Å²) in [6.07, 6.45) is 0.943. The van der Waals surface area contributed by atoms with E-state index in [1.54, 1.807) is 7.05 Å². The fourth-order valence-electron chi connectivity index (χ4n) is 0.192. The van der Waals surface area contributed by atoms with E-state index in [1.807, 2.05) is 13.8 Å². The van der Waals surface area contributed by atoms with Crippen LogP contribution in [0.15, 0.2) is 15.4 Å². The van der Waals surface area contributed by atoms with E-state index in [1.165, 1.54) is 0 Å². The van der Waals surface area contributed by atoms with Gasteiger partial charge >= 0.3 is 0 Å². The lowest BCUT2D eigenvalue weighted by atomic mass is 10.3. The van der Waals surface area contributed by atoms with Crippen LogP contribution in [0.5, 0.6) is 0 Å². The van der Waals surface area contributed by atoms with Crippen LogP contribution < -0.4 is 0 Å². The quantitative estimate of drug-likeness (QED) is 0.298. The standard InChI is InChI=1S/C5H11N3/c1-4-5(2)7-8-6-3/h4H2,1-3H3. The van der Waals surface area contributed by atoms with Gasteiger partial charge in [-0.3, -0.25) is 0 Å². The van der Waals surface area contributed by atoms with Crippen LogP contribution in [0.1, 0.15) is 20.3 Å². The Morgan fingerprint density at radius 1 is 1.50 bits per heavy atom. The summed E-state index contributed by atoms with van der Waals surface area (Å²) in [7, 11) is 1.60. The minimum Gasteiger partial charge on any atom is -0.172 e. The minimum atomic E-state index is 0.943. The van der Waals surface area contributed by atoms with Crippen LogP contribution in [0, 0.1) is 0 Å². The molecular formula is C5H11N3. The van der Waals surface area contributed by atoms with Crippen molar-refractivity contribution in [1.29, 1.82) is 0 Å². The number of rotatable bonds is 2. The van der Waals surface area contributed by atoms with Gasteiger partial charge in [0.05, 0.1) is 7.05 Å². The molecule has 0 aliphatic carbocycles. The Morgan fingerprint density at radius 3 is 2.50 bits per heavy atom. The first-order valence-corrected chi connectivity index (χ1v) is 2.63. The molecule has 0 aliphatic heterocycles. The molecule has 0 amide bonds. The smallest absolute Gasteiger partial charge is 0.0509 e. The van der Waals surface area contributed by atoms with E-state index in [0.717, 1.165) is 12.1 Å². The van der Waals surface area contributed by atoms with Crippen molar-refractivity contribution >= 4 is 5.71 Å². The highest BCUT2D eigenvalue weighted by Crippen LogP contribution is 1.84. The first-order valence-electron chi connectivity index (χ1n) is 2.63. The molecule has 0 bridgehead atoms. The van der Waals surface area contributed by atoms with Crippen molar-refractivity contribution in [1.82, 2.24) is 0 Å². The van der Waals surface area contributed by atoms with Crippen molar-refractivity contribution in [3.63, 3.8) is 0 Å². The van der Waals surface area contributed by atoms with Gasteiger partial charge in [-0.1, -0.05) is 12.1 Å². The average Bonchev–Trinajstić information content (AvgIpc) is 1.83. The highest BCUT2D eigenvalue weighted by molar-refractivity contribution is 5.81.